The van der Waals surface area contributed by atoms with E-state index in [4.69, 9.17) is 4.74 Å². The topological polar surface area (TPSA) is 9.23 Å². The largest absolute Gasteiger partial charge is 0.490 e. The molecule has 2 heteroatoms. The van der Waals surface area contributed by atoms with Gasteiger partial charge < -0.3 is 4.74 Å². The summed E-state index contributed by atoms with van der Waals surface area (Å²) in [6.45, 7) is 4.39. The molecule has 1 aliphatic rings. The number of alkyl halides is 1. The van der Waals surface area contributed by atoms with Gasteiger partial charge in [-0.3, -0.25) is 0 Å². The van der Waals surface area contributed by atoms with Crippen LogP contribution in [0, 0.1) is 12.8 Å². The Kier molecular flexibility index (Phi) is 3.91. The summed E-state index contributed by atoms with van der Waals surface area (Å²) < 4.78 is 5.98. The van der Waals surface area contributed by atoms with Crippen molar-refractivity contribution in [1.82, 2.24) is 0 Å². The molecule has 0 aromatic heterocycles. The smallest absolute Gasteiger partial charge is 0.123 e. The van der Waals surface area contributed by atoms with Crippen molar-refractivity contribution in [2.24, 2.45) is 5.92 Å². The Balaban J connectivity index is 2.00. The van der Waals surface area contributed by atoms with Crippen molar-refractivity contribution in [3.05, 3.63) is 29.3 Å². The molecule has 1 nitrogen and oxygen atoms in total. The molecule has 2 unspecified atom stereocenters. The third-order valence-corrected chi connectivity index (χ3v) is 4.26. The van der Waals surface area contributed by atoms with Crippen molar-refractivity contribution in [3.63, 3.8) is 0 Å². The molecule has 0 amide bonds. The summed E-state index contributed by atoms with van der Waals surface area (Å²) in [5, 5.41) is 1.08. The summed E-state index contributed by atoms with van der Waals surface area (Å²) in [5.74, 6) is 1.83. The van der Waals surface area contributed by atoms with Crippen molar-refractivity contribution in [2.45, 2.75) is 39.2 Å². The van der Waals surface area contributed by atoms with E-state index in [1.54, 1.807) is 0 Å². The predicted molar refractivity (Wildman–Crippen MR) is 71.5 cm³/mol. The van der Waals surface area contributed by atoms with Crippen LogP contribution in [-0.2, 0) is 6.42 Å². The second kappa shape index (κ2) is 5.22. The first-order valence-electron chi connectivity index (χ1n) is 6.05. The first-order valence-corrected chi connectivity index (χ1v) is 7.17. The molecule has 16 heavy (non-hydrogen) atoms. The Morgan fingerprint density at radius 3 is 3.00 bits per heavy atom. The molecular formula is C14H19BrO. The van der Waals surface area contributed by atoms with Crippen LogP contribution in [0.2, 0.25) is 0 Å². The first-order chi connectivity index (χ1) is 7.72. The minimum atomic E-state index is 0.388. The quantitative estimate of drug-likeness (QED) is 0.756. The lowest BCUT2D eigenvalue weighted by atomic mass is 9.98. The fourth-order valence-corrected chi connectivity index (χ4v) is 3.01. The van der Waals surface area contributed by atoms with E-state index in [9.17, 15) is 0 Å². The van der Waals surface area contributed by atoms with E-state index in [0.717, 1.165) is 29.8 Å². The van der Waals surface area contributed by atoms with Crippen LogP contribution in [0.5, 0.6) is 5.75 Å². The lowest BCUT2D eigenvalue weighted by Gasteiger charge is -2.16. The Bertz CT molecular complexity index is 358. The number of rotatable bonds is 4. The highest BCUT2D eigenvalue weighted by atomic mass is 79.9. The van der Waals surface area contributed by atoms with Crippen LogP contribution < -0.4 is 4.74 Å². The second-order valence-electron chi connectivity index (χ2n) is 4.72. The average Bonchev–Trinajstić information content (AvgIpc) is 2.67. The molecule has 0 saturated heterocycles. The lowest BCUT2D eigenvalue weighted by molar-refractivity contribution is 0.198. The molecule has 1 heterocycles. The lowest BCUT2D eigenvalue weighted by Crippen LogP contribution is -2.18. The first kappa shape index (κ1) is 12.0. The highest BCUT2D eigenvalue weighted by Crippen LogP contribution is 2.32. The highest BCUT2D eigenvalue weighted by Gasteiger charge is 2.24. The molecule has 0 bridgehead atoms. The van der Waals surface area contributed by atoms with E-state index in [1.165, 1.54) is 17.5 Å². The number of ether oxygens (including phenoxy) is 1. The van der Waals surface area contributed by atoms with Crippen LogP contribution in [0.1, 0.15) is 30.9 Å². The zero-order valence-electron chi connectivity index (χ0n) is 10.0. The molecule has 0 saturated carbocycles. The SMILES string of the molecule is CCC(CBr)CC1Cc2cc(C)ccc2O1. The zero-order chi connectivity index (χ0) is 11.5. The van der Waals surface area contributed by atoms with Gasteiger partial charge in [-0.05, 0) is 30.9 Å². The van der Waals surface area contributed by atoms with E-state index in [-0.39, 0.29) is 0 Å². The molecule has 2 rings (SSSR count). The third kappa shape index (κ3) is 2.60. The zero-order valence-corrected chi connectivity index (χ0v) is 11.6. The highest BCUT2D eigenvalue weighted by molar-refractivity contribution is 9.09. The normalized spacial score (nSPS) is 20.3. The maximum absolute atomic E-state index is 5.98. The van der Waals surface area contributed by atoms with Gasteiger partial charge in [-0.15, -0.1) is 0 Å². The maximum atomic E-state index is 5.98. The fraction of sp³-hybridized carbons (Fsp3) is 0.571. The minimum Gasteiger partial charge on any atom is -0.490 e. The molecular weight excluding hydrogens is 264 g/mol. The number of fused-ring (bicyclic) bond motifs is 1. The molecule has 2 atom stereocenters. The van der Waals surface area contributed by atoms with Crippen LogP contribution in [0.3, 0.4) is 0 Å². The summed E-state index contributed by atoms with van der Waals surface area (Å²) in [5.41, 5.74) is 2.71. The predicted octanol–water partition coefficient (Wildman–Crippen LogP) is 4.11. The fourth-order valence-electron chi connectivity index (χ4n) is 2.29. The standard InChI is InChI=1S/C14H19BrO/c1-3-11(9-15)7-13-8-12-6-10(2)4-5-14(12)16-13/h4-6,11,13H,3,7-9H2,1-2H3. The summed E-state index contributed by atoms with van der Waals surface area (Å²) in [6.07, 6.45) is 3.86. The van der Waals surface area contributed by atoms with Gasteiger partial charge in [0.05, 0.1) is 0 Å². The Morgan fingerprint density at radius 1 is 1.50 bits per heavy atom. The monoisotopic (exact) mass is 282 g/mol. The molecule has 1 aliphatic heterocycles. The van der Waals surface area contributed by atoms with Gasteiger partial charge in [0.25, 0.3) is 0 Å². The Labute approximate surface area is 106 Å². The molecule has 0 spiro atoms. The summed E-state index contributed by atoms with van der Waals surface area (Å²) in [6, 6.07) is 6.49. The van der Waals surface area contributed by atoms with Gasteiger partial charge >= 0.3 is 0 Å². The van der Waals surface area contributed by atoms with Gasteiger partial charge in [0.1, 0.15) is 11.9 Å². The number of benzene rings is 1. The van der Waals surface area contributed by atoms with Gasteiger partial charge in [-0.2, -0.15) is 0 Å². The van der Waals surface area contributed by atoms with Crippen LogP contribution >= 0.6 is 15.9 Å². The van der Waals surface area contributed by atoms with Gasteiger partial charge in [-0.1, -0.05) is 47.0 Å². The van der Waals surface area contributed by atoms with Crippen LogP contribution in [0.15, 0.2) is 18.2 Å². The van der Waals surface area contributed by atoms with Crippen molar-refractivity contribution in [3.8, 4) is 5.75 Å². The maximum Gasteiger partial charge on any atom is 0.123 e. The van der Waals surface area contributed by atoms with Crippen molar-refractivity contribution < 1.29 is 4.74 Å². The van der Waals surface area contributed by atoms with Gasteiger partial charge in [0, 0.05) is 11.8 Å². The van der Waals surface area contributed by atoms with Crippen LogP contribution in [0.25, 0.3) is 0 Å². The van der Waals surface area contributed by atoms with Crippen LogP contribution in [0.4, 0.5) is 0 Å². The molecule has 0 aliphatic carbocycles. The third-order valence-electron chi connectivity index (χ3n) is 3.35. The number of hydrogen-bond donors (Lipinski definition) is 0. The summed E-state index contributed by atoms with van der Waals surface area (Å²) in [4.78, 5) is 0. The molecule has 0 fully saturated rings. The second-order valence-corrected chi connectivity index (χ2v) is 5.37. The van der Waals surface area contributed by atoms with E-state index >= 15 is 0 Å². The molecule has 1 aromatic rings. The molecule has 88 valence electrons. The van der Waals surface area contributed by atoms with Crippen molar-refractivity contribution >= 4 is 15.9 Å². The van der Waals surface area contributed by atoms with Crippen LogP contribution in [-0.4, -0.2) is 11.4 Å². The average molecular weight is 283 g/mol. The van der Waals surface area contributed by atoms with Crippen molar-refractivity contribution in [2.75, 3.05) is 5.33 Å². The molecule has 1 aromatic carbocycles. The number of halogens is 1. The van der Waals surface area contributed by atoms with E-state index < -0.39 is 0 Å². The van der Waals surface area contributed by atoms with Gasteiger partial charge in [-0.25, -0.2) is 0 Å². The molecule has 0 N–H and O–H groups in total. The minimum absolute atomic E-state index is 0.388. The number of aryl methyl sites for hydroxylation is 1. The van der Waals surface area contributed by atoms with E-state index in [1.807, 2.05) is 0 Å². The summed E-state index contributed by atoms with van der Waals surface area (Å²) >= 11 is 3.57. The Morgan fingerprint density at radius 2 is 2.31 bits per heavy atom. The van der Waals surface area contributed by atoms with Gasteiger partial charge in [0.2, 0.25) is 0 Å². The number of hydrogen-bond acceptors (Lipinski definition) is 1. The van der Waals surface area contributed by atoms with Gasteiger partial charge in [0.15, 0.2) is 0 Å². The van der Waals surface area contributed by atoms with E-state index in [2.05, 4.69) is 48.0 Å². The van der Waals surface area contributed by atoms with Crippen molar-refractivity contribution in [1.29, 1.82) is 0 Å². The summed E-state index contributed by atoms with van der Waals surface area (Å²) in [7, 11) is 0. The Hall–Kier alpha value is -0.500. The van der Waals surface area contributed by atoms with E-state index in [0.29, 0.717) is 6.10 Å². The molecule has 0 radical (unpaired) electrons.